The van der Waals surface area contributed by atoms with Crippen molar-refractivity contribution >= 4 is 10.0 Å². The molecule has 1 aliphatic carbocycles. The van der Waals surface area contributed by atoms with Crippen LogP contribution in [0.2, 0.25) is 0 Å². The minimum atomic E-state index is -3.41. The monoisotopic (exact) mass is 538 g/mol. The first-order chi connectivity index (χ1) is 18.2. The molecule has 2 aromatic rings. The minimum Gasteiger partial charge on any atom is -0.359 e. The third-order valence-electron chi connectivity index (χ3n) is 9.28. The molecule has 2 aromatic carbocycles. The van der Waals surface area contributed by atoms with Crippen LogP contribution in [0.5, 0.6) is 0 Å². The summed E-state index contributed by atoms with van der Waals surface area (Å²) in [6, 6.07) is 18.0. The molecule has 0 amide bonds. The number of aryl methyl sites for hydroxylation is 2. The first-order valence-electron chi connectivity index (χ1n) is 14.7. The van der Waals surface area contributed by atoms with Crippen LogP contribution in [-0.4, -0.2) is 43.7 Å². The van der Waals surface area contributed by atoms with Crippen LogP contribution in [0.25, 0.3) is 0 Å². The molecule has 3 fully saturated rings. The molecule has 5 nitrogen and oxygen atoms in total. The van der Waals surface area contributed by atoms with Crippen molar-refractivity contribution in [3.8, 4) is 0 Å². The maximum Gasteiger partial charge on any atom is 0.243 e. The van der Waals surface area contributed by atoms with Crippen molar-refractivity contribution in [3.05, 3.63) is 65.7 Å². The van der Waals surface area contributed by atoms with Gasteiger partial charge in [-0.3, -0.25) is 5.32 Å². The molecule has 2 heterocycles. The molecular formula is C32H46N2O3S. The molecule has 5 rings (SSSR count). The van der Waals surface area contributed by atoms with E-state index in [4.69, 9.17) is 4.74 Å². The number of sulfonamides is 1. The fourth-order valence-corrected chi connectivity index (χ4v) is 8.78. The highest BCUT2D eigenvalue weighted by atomic mass is 32.2. The first kappa shape index (κ1) is 27.8. The van der Waals surface area contributed by atoms with Crippen LogP contribution >= 0.6 is 0 Å². The van der Waals surface area contributed by atoms with Crippen LogP contribution in [0, 0.1) is 24.7 Å². The Hall–Kier alpha value is -1.73. The average molecular weight is 539 g/mol. The topological polar surface area (TPSA) is 58.6 Å². The molecule has 3 aliphatic rings. The summed E-state index contributed by atoms with van der Waals surface area (Å²) in [5.41, 5.74) is 2.26. The van der Waals surface area contributed by atoms with Gasteiger partial charge in [0.05, 0.1) is 11.5 Å². The quantitative estimate of drug-likeness (QED) is 0.427. The highest BCUT2D eigenvalue weighted by Crippen LogP contribution is 2.44. The lowest BCUT2D eigenvalue weighted by Crippen LogP contribution is -2.55. The molecule has 1 saturated carbocycles. The summed E-state index contributed by atoms with van der Waals surface area (Å²) in [4.78, 5) is 0.412. The van der Waals surface area contributed by atoms with Crippen LogP contribution in [0.3, 0.4) is 0 Å². The molecule has 0 radical (unpaired) electrons. The summed E-state index contributed by atoms with van der Waals surface area (Å²) in [5.74, 6) is 1.91. The standard InChI is InChI=1S/C32H46N2O3S/c1-25-9-11-30(12-10-25)38(35,36)34-19-15-29(16-20-34)14-18-31(17-13-28-7-5-4-6-8-28)24-37-32(33-31)22-26(2)21-27(3)23-32/h4-12,26-27,29,33H,13-24H2,1-3H3/t26-,27+,31?,32?. The second-order valence-corrected chi connectivity index (χ2v) is 14.7. The van der Waals surface area contributed by atoms with E-state index in [0.717, 1.165) is 63.5 Å². The van der Waals surface area contributed by atoms with Crippen molar-refractivity contribution in [2.24, 2.45) is 17.8 Å². The first-order valence-corrected chi connectivity index (χ1v) is 16.2. The zero-order chi connectivity index (χ0) is 26.8. The van der Waals surface area contributed by atoms with Crippen molar-refractivity contribution in [2.45, 2.75) is 94.7 Å². The third-order valence-corrected chi connectivity index (χ3v) is 11.2. The van der Waals surface area contributed by atoms with E-state index in [-0.39, 0.29) is 11.3 Å². The Balaban J connectivity index is 1.22. The minimum absolute atomic E-state index is 0.0161. The van der Waals surface area contributed by atoms with Gasteiger partial charge in [0.25, 0.3) is 0 Å². The second kappa shape index (κ2) is 11.4. The fraction of sp³-hybridized carbons (Fsp3) is 0.625. The second-order valence-electron chi connectivity index (χ2n) is 12.7. The van der Waals surface area contributed by atoms with Crippen LogP contribution in [-0.2, 0) is 21.2 Å². The summed E-state index contributed by atoms with van der Waals surface area (Å²) in [6.45, 7) is 8.72. The lowest BCUT2D eigenvalue weighted by molar-refractivity contribution is -0.0660. The highest BCUT2D eigenvalue weighted by Gasteiger charge is 2.50. The number of ether oxygens (including phenoxy) is 1. The number of hydrogen-bond acceptors (Lipinski definition) is 4. The summed E-state index contributed by atoms with van der Waals surface area (Å²) >= 11 is 0. The number of hydrogen-bond donors (Lipinski definition) is 1. The van der Waals surface area contributed by atoms with Gasteiger partial charge in [-0.05, 0) is 100 Å². The van der Waals surface area contributed by atoms with Crippen LogP contribution in [0.1, 0.15) is 76.3 Å². The predicted molar refractivity (Wildman–Crippen MR) is 153 cm³/mol. The lowest BCUT2D eigenvalue weighted by atomic mass is 9.76. The van der Waals surface area contributed by atoms with E-state index in [1.54, 1.807) is 16.4 Å². The van der Waals surface area contributed by atoms with Gasteiger partial charge in [0.1, 0.15) is 5.72 Å². The third kappa shape index (κ3) is 6.35. The van der Waals surface area contributed by atoms with Crippen molar-refractivity contribution < 1.29 is 13.2 Å². The Kier molecular flexibility index (Phi) is 8.35. The smallest absolute Gasteiger partial charge is 0.243 e. The zero-order valence-electron chi connectivity index (χ0n) is 23.5. The van der Waals surface area contributed by atoms with Gasteiger partial charge >= 0.3 is 0 Å². The molecule has 1 N–H and O–H groups in total. The summed E-state index contributed by atoms with van der Waals surface area (Å²) < 4.78 is 34.7. The normalized spacial score (nSPS) is 31.1. The summed E-state index contributed by atoms with van der Waals surface area (Å²) in [7, 11) is -3.41. The SMILES string of the molecule is Cc1ccc(S(=O)(=O)N2CCC(CCC3(CCc4ccccc4)COC4(C[C@H](C)C[C@H](C)C4)N3)CC2)cc1. The van der Waals surface area contributed by atoms with Gasteiger partial charge in [0, 0.05) is 18.6 Å². The van der Waals surface area contributed by atoms with Gasteiger partial charge in [0.15, 0.2) is 0 Å². The van der Waals surface area contributed by atoms with E-state index in [1.165, 1.54) is 12.0 Å². The molecule has 2 unspecified atom stereocenters. The number of piperidine rings is 1. The van der Waals surface area contributed by atoms with Gasteiger partial charge in [-0.15, -0.1) is 0 Å². The van der Waals surface area contributed by atoms with Gasteiger partial charge < -0.3 is 4.74 Å². The van der Waals surface area contributed by atoms with E-state index in [9.17, 15) is 8.42 Å². The molecule has 2 aliphatic heterocycles. The van der Waals surface area contributed by atoms with E-state index >= 15 is 0 Å². The molecule has 1 spiro atoms. The maximum absolute atomic E-state index is 13.2. The largest absolute Gasteiger partial charge is 0.359 e. The highest BCUT2D eigenvalue weighted by molar-refractivity contribution is 7.89. The van der Waals surface area contributed by atoms with Crippen LogP contribution < -0.4 is 5.32 Å². The van der Waals surface area contributed by atoms with E-state index in [2.05, 4.69) is 49.5 Å². The van der Waals surface area contributed by atoms with Gasteiger partial charge in [-0.2, -0.15) is 4.31 Å². The van der Waals surface area contributed by atoms with Crippen molar-refractivity contribution in [2.75, 3.05) is 19.7 Å². The molecule has 6 heteroatoms. The zero-order valence-corrected chi connectivity index (χ0v) is 24.3. The Morgan fingerprint density at radius 1 is 0.947 bits per heavy atom. The fourth-order valence-electron chi connectivity index (χ4n) is 7.31. The molecule has 38 heavy (non-hydrogen) atoms. The number of benzene rings is 2. The average Bonchev–Trinajstić information content (AvgIpc) is 3.24. The molecule has 0 aromatic heterocycles. The van der Waals surface area contributed by atoms with Crippen molar-refractivity contribution in [1.29, 1.82) is 0 Å². The number of nitrogens with zero attached hydrogens (tertiary/aromatic N) is 1. The predicted octanol–water partition coefficient (Wildman–Crippen LogP) is 6.32. The van der Waals surface area contributed by atoms with Crippen molar-refractivity contribution in [1.82, 2.24) is 9.62 Å². The van der Waals surface area contributed by atoms with Crippen molar-refractivity contribution in [3.63, 3.8) is 0 Å². The molecule has 2 saturated heterocycles. The Morgan fingerprint density at radius 3 is 2.26 bits per heavy atom. The summed E-state index contributed by atoms with van der Waals surface area (Å²) in [5, 5.41) is 4.12. The van der Waals surface area contributed by atoms with Crippen LogP contribution in [0.15, 0.2) is 59.5 Å². The Morgan fingerprint density at radius 2 is 1.61 bits per heavy atom. The number of nitrogens with one attached hydrogen (secondary N) is 1. The van der Waals surface area contributed by atoms with Gasteiger partial charge in [-0.1, -0.05) is 61.9 Å². The van der Waals surface area contributed by atoms with Crippen LogP contribution in [0.4, 0.5) is 0 Å². The Labute approximate surface area is 230 Å². The van der Waals surface area contributed by atoms with Gasteiger partial charge in [-0.25, -0.2) is 8.42 Å². The Bertz CT molecular complexity index is 1150. The molecule has 208 valence electrons. The maximum atomic E-state index is 13.2. The lowest BCUT2D eigenvalue weighted by Gasteiger charge is -2.42. The molecule has 4 atom stereocenters. The van der Waals surface area contributed by atoms with E-state index in [1.807, 2.05) is 19.1 Å². The van der Waals surface area contributed by atoms with Gasteiger partial charge in [0.2, 0.25) is 10.0 Å². The number of rotatable bonds is 8. The molecular weight excluding hydrogens is 492 g/mol. The molecule has 0 bridgehead atoms. The van der Waals surface area contributed by atoms with E-state index in [0.29, 0.717) is 35.7 Å². The summed E-state index contributed by atoms with van der Waals surface area (Å²) in [6.07, 6.45) is 9.66. The van der Waals surface area contributed by atoms with E-state index < -0.39 is 10.0 Å².